The van der Waals surface area contributed by atoms with Gasteiger partial charge in [-0.15, -0.1) is 0 Å². The van der Waals surface area contributed by atoms with Crippen molar-refractivity contribution in [2.75, 3.05) is 6.61 Å². The lowest BCUT2D eigenvalue weighted by molar-refractivity contribution is -0.384. The topological polar surface area (TPSA) is 116 Å². The smallest absolute Gasteiger partial charge is 0.307 e. The van der Waals surface area contributed by atoms with E-state index in [0.29, 0.717) is 34.3 Å². The van der Waals surface area contributed by atoms with Gasteiger partial charge in [0.05, 0.1) is 21.3 Å². The van der Waals surface area contributed by atoms with E-state index in [9.17, 15) is 14.9 Å². The summed E-state index contributed by atoms with van der Waals surface area (Å²) in [5.74, 6) is 0.663. The van der Waals surface area contributed by atoms with Crippen molar-refractivity contribution in [1.82, 2.24) is 5.43 Å². The molecular formula is C25H19ClIN3O6. The number of hydrogen-bond acceptors (Lipinski definition) is 7. The third-order valence-electron chi connectivity index (χ3n) is 4.94. The number of hydrazone groups is 1. The lowest BCUT2D eigenvalue weighted by Gasteiger charge is -2.14. The summed E-state index contributed by atoms with van der Waals surface area (Å²) < 4.78 is 18.0. The fourth-order valence-electron chi connectivity index (χ4n) is 3.28. The molecule has 11 heteroatoms. The van der Waals surface area contributed by atoms with Crippen molar-refractivity contribution >= 4 is 63.0 Å². The van der Waals surface area contributed by atoms with E-state index >= 15 is 0 Å². The minimum atomic E-state index is -0.499. The van der Waals surface area contributed by atoms with Gasteiger partial charge in [-0.1, -0.05) is 11.6 Å². The molecule has 0 aliphatic carbocycles. The van der Waals surface area contributed by atoms with E-state index in [4.69, 9.17) is 25.5 Å². The second-order valence-corrected chi connectivity index (χ2v) is 9.07. The van der Waals surface area contributed by atoms with Crippen molar-refractivity contribution in [1.29, 1.82) is 0 Å². The zero-order chi connectivity index (χ0) is 25.7. The Morgan fingerprint density at radius 1 is 1.17 bits per heavy atom. The summed E-state index contributed by atoms with van der Waals surface area (Å²) in [7, 11) is 0. The minimum Gasteiger partial charge on any atom is -0.490 e. The number of halogens is 2. The second-order valence-electron chi connectivity index (χ2n) is 7.47. The molecule has 4 rings (SSSR count). The summed E-state index contributed by atoms with van der Waals surface area (Å²) in [6, 6.07) is 16.4. The Kier molecular flexibility index (Phi) is 8.06. The minimum absolute atomic E-state index is 0.0174. The molecule has 0 unspecified atom stereocenters. The number of rotatable bonds is 9. The monoisotopic (exact) mass is 619 g/mol. The summed E-state index contributed by atoms with van der Waals surface area (Å²) in [5.41, 5.74) is 4.48. The van der Waals surface area contributed by atoms with E-state index in [-0.39, 0.29) is 18.1 Å². The molecular weight excluding hydrogens is 601 g/mol. The van der Waals surface area contributed by atoms with Gasteiger partial charge in [0.2, 0.25) is 0 Å². The Morgan fingerprint density at radius 2 is 1.94 bits per heavy atom. The average molecular weight is 620 g/mol. The summed E-state index contributed by atoms with van der Waals surface area (Å²) in [6.07, 6.45) is 1.49. The first-order valence-electron chi connectivity index (χ1n) is 10.7. The Hall–Kier alpha value is -3.64. The molecule has 0 saturated carbocycles. The molecule has 9 nitrogen and oxygen atoms in total. The molecule has 1 amide bonds. The Morgan fingerprint density at radius 3 is 2.67 bits per heavy atom. The summed E-state index contributed by atoms with van der Waals surface area (Å²) in [4.78, 5) is 22.8. The predicted molar refractivity (Wildman–Crippen MR) is 144 cm³/mol. The van der Waals surface area contributed by atoms with Gasteiger partial charge in [0, 0.05) is 22.5 Å². The Balaban J connectivity index is 1.45. The van der Waals surface area contributed by atoms with E-state index in [0.717, 1.165) is 14.5 Å². The molecule has 0 spiro atoms. The quantitative estimate of drug-likeness (QED) is 0.101. The van der Waals surface area contributed by atoms with Gasteiger partial charge in [-0.25, -0.2) is 5.43 Å². The highest BCUT2D eigenvalue weighted by Gasteiger charge is 2.14. The number of amides is 1. The molecule has 3 aromatic carbocycles. The van der Waals surface area contributed by atoms with Gasteiger partial charge in [-0.3, -0.25) is 14.9 Å². The van der Waals surface area contributed by atoms with Crippen LogP contribution in [0.4, 0.5) is 5.69 Å². The van der Waals surface area contributed by atoms with Crippen LogP contribution in [0, 0.1) is 13.7 Å². The van der Waals surface area contributed by atoms with Crippen LogP contribution in [0.2, 0.25) is 5.02 Å². The van der Waals surface area contributed by atoms with Crippen LogP contribution >= 0.6 is 34.2 Å². The molecule has 0 aliphatic rings. The number of carbonyl (C=O) groups excluding carboxylic acids is 1. The van der Waals surface area contributed by atoms with Crippen LogP contribution in [-0.2, 0) is 6.61 Å². The normalized spacial score (nSPS) is 11.1. The van der Waals surface area contributed by atoms with Gasteiger partial charge in [-0.05, 0) is 89.2 Å². The van der Waals surface area contributed by atoms with Crippen molar-refractivity contribution < 1.29 is 23.6 Å². The predicted octanol–water partition coefficient (Wildman–Crippen LogP) is 6.34. The first-order valence-corrected chi connectivity index (χ1v) is 12.1. The number of benzene rings is 3. The van der Waals surface area contributed by atoms with Crippen LogP contribution in [0.3, 0.4) is 0 Å². The van der Waals surface area contributed by atoms with E-state index in [2.05, 4.69) is 33.1 Å². The first-order chi connectivity index (χ1) is 17.3. The van der Waals surface area contributed by atoms with Gasteiger partial charge < -0.3 is 13.9 Å². The highest BCUT2D eigenvalue weighted by Crippen LogP contribution is 2.34. The molecule has 1 heterocycles. The van der Waals surface area contributed by atoms with Crippen LogP contribution in [0.15, 0.2) is 70.2 Å². The SMILES string of the molecule is CCOc1cc(/C=N/NC(=O)c2cc3cc(Cl)ccc3o2)cc(I)c1OCc1ccc([N+](=O)[O-])cc1. The number of carbonyl (C=O) groups is 1. The standard InChI is InChI=1S/C25H19ClIN3O6/c1-2-34-22-10-16(9-20(27)24(22)35-14-15-3-6-19(7-4-15)30(32)33)13-28-29-25(31)23-12-17-11-18(26)5-8-21(17)36-23/h3-13H,2,14H2,1H3,(H,29,31)/b28-13+. The van der Waals surface area contributed by atoms with Gasteiger partial charge >= 0.3 is 5.91 Å². The number of non-ortho nitro benzene ring substituents is 1. The molecule has 1 N–H and O–H groups in total. The number of furan rings is 1. The van der Waals surface area contributed by atoms with Gasteiger partial charge in [-0.2, -0.15) is 5.10 Å². The molecule has 1 aromatic heterocycles. The maximum absolute atomic E-state index is 12.4. The number of hydrogen-bond donors (Lipinski definition) is 1. The first kappa shape index (κ1) is 25.5. The number of nitro benzene ring substituents is 1. The molecule has 0 radical (unpaired) electrons. The lowest BCUT2D eigenvalue weighted by Crippen LogP contribution is -2.16. The van der Waals surface area contributed by atoms with E-state index in [1.54, 1.807) is 42.5 Å². The number of nitro groups is 1. The number of ether oxygens (including phenoxy) is 2. The fraction of sp³-hybridized carbons (Fsp3) is 0.120. The van der Waals surface area contributed by atoms with Crippen LogP contribution in [-0.4, -0.2) is 23.7 Å². The maximum atomic E-state index is 12.4. The molecule has 184 valence electrons. The van der Waals surface area contributed by atoms with E-state index in [1.165, 1.54) is 18.3 Å². The van der Waals surface area contributed by atoms with Crippen molar-refractivity contribution in [3.63, 3.8) is 0 Å². The number of nitrogens with zero attached hydrogens (tertiary/aromatic N) is 2. The lowest BCUT2D eigenvalue weighted by atomic mass is 10.2. The van der Waals surface area contributed by atoms with Crippen molar-refractivity contribution in [3.8, 4) is 11.5 Å². The van der Waals surface area contributed by atoms with Crippen LogP contribution in [0.25, 0.3) is 11.0 Å². The fourth-order valence-corrected chi connectivity index (χ4v) is 4.24. The molecule has 4 aromatic rings. The zero-order valence-electron chi connectivity index (χ0n) is 18.9. The molecule has 0 aliphatic heterocycles. The van der Waals surface area contributed by atoms with Crippen LogP contribution < -0.4 is 14.9 Å². The summed E-state index contributed by atoms with van der Waals surface area (Å²) >= 11 is 8.10. The summed E-state index contributed by atoms with van der Waals surface area (Å²) in [6.45, 7) is 2.48. The molecule has 0 fully saturated rings. The van der Waals surface area contributed by atoms with Crippen LogP contribution in [0.5, 0.6) is 11.5 Å². The van der Waals surface area contributed by atoms with E-state index in [1.807, 2.05) is 13.0 Å². The van der Waals surface area contributed by atoms with Gasteiger partial charge in [0.15, 0.2) is 17.3 Å². The highest BCUT2D eigenvalue weighted by atomic mass is 127. The average Bonchev–Trinajstić information content (AvgIpc) is 3.27. The molecule has 0 saturated heterocycles. The van der Waals surface area contributed by atoms with Gasteiger partial charge in [0.1, 0.15) is 12.2 Å². The van der Waals surface area contributed by atoms with Gasteiger partial charge in [0.25, 0.3) is 5.69 Å². The Labute approximate surface area is 224 Å². The Bertz CT molecular complexity index is 1450. The summed E-state index contributed by atoms with van der Waals surface area (Å²) in [5, 5.41) is 16.1. The zero-order valence-corrected chi connectivity index (χ0v) is 21.8. The number of fused-ring (bicyclic) bond motifs is 1. The van der Waals surface area contributed by atoms with E-state index < -0.39 is 10.8 Å². The molecule has 36 heavy (non-hydrogen) atoms. The number of nitrogens with one attached hydrogen (secondary N) is 1. The molecule has 0 bridgehead atoms. The van der Waals surface area contributed by atoms with Crippen molar-refractivity contribution in [2.24, 2.45) is 5.10 Å². The maximum Gasteiger partial charge on any atom is 0.307 e. The second kappa shape index (κ2) is 11.4. The van der Waals surface area contributed by atoms with Crippen molar-refractivity contribution in [2.45, 2.75) is 13.5 Å². The third-order valence-corrected chi connectivity index (χ3v) is 5.98. The largest absolute Gasteiger partial charge is 0.490 e. The molecule has 0 atom stereocenters. The highest BCUT2D eigenvalue weighted by molar-refractivity contribution is 14.1. The van der Waals surface area contributed by atoms with Crippen LogP contribution in [0.1, 0.15) is 28.6 Å². The third kappa shape index (κ3) is 6.13. The van der Waals surface area contributed by atoms with Crippen molar-refractivity contribution in [3.05, 3.63) is 96.3 Å².